The number of benzene rings is 2. The maximum atomic E-state index is 13.0. The first-order valence-corrected chi connectivity index (χ1v) is 9.67. The van der Waals surface area contributed by atoms with E-state index in [1.807, 2.05) is 44.2 Å². The van der Waals surface area contributed by atoms with Gasteiger partial charge in [-0.2, -0.15) is 0 Å². The van der Waals surface area contributed by atoms with E-state index in [0.717, 1.165) is 16.0 Å². The van der Waals surface area contributed by atoms with Gasteiger partial charge in [-0.1, -0.05) is 56.3 Å². The van der Waals surface area contributed by atoms with Crippen LogP contribution in [0.2, 0.25) is 0 Å². The molecule has 154 valence electrons. The summed E-state index contributed by atoms with van der Waals surface area (Å²) in [4.78, 5) is 26.9. The van der Waals surface area contributed by atoms with Gasteiger partial charge in [-0.05, 0) is 48.1 Å². The largest absolute Gasteiger partial charge is 0.508 e. The van der Waals surface area contributed by atoms with Crippen LogP contribution >= 0.6 is 0 Å². The van der Waals surface area contributed by atoms with Crippen LogP contribution in [0, 0.1) is 5.92 Å². The number of amides is 2. The normalized spacial score (nSPS) is 13.4. The predicted octanol–water partition coefficient (Wildman–Crippen LogP) is 2.66. The average Bonchev–Trinajstić information content (AvgIpc) is 2.69. The summed E-state index contributed by atoms with van der Waals surface area (Å²) in [5, 5.41) is 9.40. The molecule has 6 nitrogen and oxygen atoms in total. The lowest BCUT2D eigenvalue weighted by atomic mass is 10.0. The second kappa shape index (κ2) is 10.5. The molecule has 0 saturated heterocycles. The van der Waals surface area contributed by atoms with Gasteiger partial charge in [0, 0.05) is 6.20 Å². The lowest BCUT2D eigenvalue weighted by Crippen LogP contribution is -2.50. The van der Waals surface area contributed by atoms with Crippen molar-refractivity contribution in [2.75, 3.05) is 0 Å². The molecule has 0 aliphatic heterocycles. The summed E-state index contributed by atoms with van der Waals surface area (Å²) < 4.78 is 0. The van der Waals surface area contributed by atoms with Gasteiger partial charge in [-0.15, -0.1) is 0 Å². The van der Waals surface area contributed by atoms with E-state index in [1.165, 1.54) is 18.3 Å². The van der Waals surface area contributed by atoms with Gasteiger partial charge in [0.1, 0.15) is 5.75 Å². The Morgan fingerprint density at radius 1 is 0.966 bits per heavy atom. The van der Waals surface area contributed by atoms with Gasteiger partial charge < -0.3 is 16.6 Å². The number of rotatable bonds is 8. The summed E-state index contributed by atoms with van der Waals surface area (Å²) in [7, 11) is 0. The predicted molar refractivity (Wildman–Crippen MR) is 115 cm³/mol. The number of phenolic OH excluding ortho intramolecular Hbond substituents is 1. The van der Waals surface area contributed by atoms with E-state index in [1.54, 1.807) is 18.2 Å². The number of hydrogen-bond acceptors (Lipinski definition) is 5. The molecule has 0 radical (unpaired) electrons. The Morgan fingerprint density at radius 3 is 2.14 bits per heavy atom. The zero-order valence-corrected chi connectivity index (χ0v) is 16.9. The second-order valence-electron chi connectivity index (χ2n) is 7.49. The first-order chi connectivity index (χ1) is 13.8. The molecule has 5 N–H and O–H groups in total. The fourth-order valence-electron chi connectivity index (χ4n) is 2.92. The highest BCUT2D eigenvalue weighted by atomic mass is 16.3. The average molecular weight is 396 g/mol. The summed E-state index contributed by atoms with van der Waals surface area (Å²) in [6.45, 7) is 3.94. The first-order valence-electron chi connectivity index (χ1n) is 9.67. The van der Waals surface area contributed by atoms with Gasteiger partial charge in [-0.3, -0.25) is 14.5 Å². The molecule has 0 bridgehead atoms. The minimum Gasteiger partial charge on any atom is -0.508 e. The van der Waals surface area contributed by atoms with E-state index in [9.17, 15) is 14.7 Å². The molecule has 29 heavy (non-hydrogen) atoms. The fourth-order valence-corrected chi connectivity index (χ4v) is 2.92. The third kappa shape index (κ3) is 6.85. The molecule has 0 aromatic heterocycles. The molecule has 2 aromatic rings. The molecule has 2 amide bonds. The van der Waals surface area contributed by atoms with Crippen molar-refractivity contribution in [2.45, 2.75) is 38.8 Å². The third-order valence-electron chi connectivity index (χ3n) is 4.44. The number of nitrogens with zero attached hydrogens (tertiary/aromatic N) is 1. The van der Waals surface area contributed by atoms with Gasteiger partial charge in [0.25, 0.3) is 5.91 Å². The molecule has 0 fully saturated rings. The number of carbonyl (C=O) groups is 2. The SMILES string of the molecule is CC(C)C[C@H](N)C(=O)N(C=Cc1ccccc1)C(=O)[C@@H](N)Cc1ccc(O)cc1. The van der Waals surface area contributed by atoms with Crippen molar-refractivity contribution >= 4 is 17.9 Å². The van der Waals surface area contributed by atoms with E-state index in [4.69, 9.17) is 11.5 Å². The van der Waals surface area contributed by atoms with Gasteiger partial charge in [0.2, 0.25) is 5.91 Å². The van der Waals surface area contributed by atoms with Gasteiger partial charge in [0.05, 0.1) is 12.1 Å². The van der Waals surface area contributed by atoms with Crippen molar-refractivity contribution < 1.29 is 14.7 Å². The van der Waals surface area contributed by atoms with Crippen molar-refractivity contribution in [1.29, 1.82) is 0 Å². The summed E-state index contributed by atoms with van der Waals surface area (Å²) >= 11 is 0. The lowest BCUT2D eigenvalue weighted by molar-refractivity contribution is -0.143. The molecule has 0 saturated carbocycles. The maximum absolute atomic E-state index is 13.0. The Balaban J connectivity index is 2.21. The highest BCUT2D eigenvalue weighted by molar-refractivity contribution is 6.01. The molecule has 2 rings (SSSR count). The number of imide groups is 1. The van der Waals surface area contributed by atoms with Crippen LogP contribution in [0.3, 0.4) is 0 Å². The molecule has 0 aliphatic carbocycles. The summed E-state index contributed by atoms with van der Waals surface area (Å²) in [6.07, 6.45) is 3.83. The van der Waals surface area contributed by atoms with E-state index in [0.29, 0.717) is 6.42 Å². The minimum absolute atomic E-state index is 0.135. The van der Waals surface area contributed by atoms with Crippen molar-refractivity contribution in [3.8, 4) is 5.75 Å². The standard InChI is InChI=1S/C23H29N3O3/c1-16(2)14-20(24)22(28)26(13-12-17-6-4-3-5-7-17)23(29)21(25)15-18-8-10-19(27)11-9-18/h3-13,16,20-21,27H,14-15,24-25H2,1-2H3/t20-,21-/m0/s1. The van der Waals surface area contributed by atoms with E-state index >= 15 is 0 Å². The van der Waals surface area contributed by atoms with E-state index in [-0.39, 0.29) is 18.1 Å². The Bertz CT molecular complexity index is 832. The number of nitrogens with two attached hydrogens (primary N) is 2. The summed E-state index contributed by atoms with van der Waals surface area (Å²) in [6, 6.07) is 14.1. The highest BCUT2D eigenvalue weighted by Crippen LogP contribution is 2.14. The zero-order valence-electron chi connectivity index (χ0n) is 16.9. The number of aromatic hydroxyl groups is 1. The van der Waals surface area contributed by atoms with Crippen LogP contribution in [0.1, 0.15) is 31.4 Å². The van der Waals surface area contributed by atoms with Gasteiger partial charge >= 0.3 is 0 Å². The smallest absolute Gasteiger partial charge is 0.250 e. The van der Waals surface area contributed by atoms with Crippen LogP contribution in [0.15, 0.2) is 60.8 Å². The van der Waals surface area contributed by atoms with Crippen LogP contribution in [0.4, 0.5) is 0 Å². The Hall–Kier alpha value is -2.96. The Morgan fingerprint density at radius 2 is 1.55 bits per heavy atom. The van der Waals surface area contributed by atoms with Crippen LogP contribution in [0.25, 0.3) is 6.08 Å². The molecule has 0 aliphatic rings. The minimum atomic E-state index is -0.921. The number of phenols is 1. The first kappa shape index (κ1) is 22.3. The molecular weight excluding hydrogens is 366 g/mol. The molecule has 0 heterocycles. The third-order valence-corrected chi connectivity index (χ3v) is 4.44. The zero-order chi connectivity index (χ0) is 21.4. The van der Waals surface area contributed by atoms with E-state index in [2.05, 4.69) is 0 Å². The van der Waals surface area contributed by atoms with Gasteiger partial charge in [0.15, 0.2) is 0 Å². The lowest BCUT2D eigenvalue weighted by Gasteiger charge is -2.24. The Labute approximate surface area is 171 Å². The van der Waals surface area contributed by atoms with Crippen molar-refractivity contribution in [2.24, 2.45) is 17.4 Å². The van der Waals surface area contributed by atoms with Crippen molar-refractivity contribution in [3.63, 3.8) is 0 Å². The van der Waals surface area contributed by atoms with Crippen LogP contribution in [0.5, 0.6) is 5.75 Å². The van der Waals surface area contributed by atoms with E-state index < -0.39 is 23.9 Å². The topological polar surface area (TPSA) is 110 Å². The molecular formula is C23H29N3O3. The summed E-state index contributed by atoms with van der Waals surface area (Å²) in [5.74, 6) is -0.642. The second-order valence-corrected chi connectivity index (χ2v) is 7.49. The van der Waals surface area contributed by atoms with Crippen LogP contribution < -0.4 is 11.5 Å². The summed E-state index contributed by atoms with van der Waals surface area (Å²) in [5.41, 5.74) is 13.8. The molecule has 2 aromatic carbocycles. The molecule has 0 spiro atoms. The molecule has 0 unspecified atom stereocenters. The van der Waals surface area contributed by atoms with Crippen LogP contribution in [-0.2, 0) is 16.0 Å². The van der Waals surface area contributed by atoms with Gasteiger partial charge in [-0.25, -0.2) is 0 Å². The molecule has 6 heteroatoms. The quantitative estimate of drug-likeness (QED) is 0.637. The van der Waals surface area contributed by atoms with Crippen molar-refractivity contribution in [3.05, 3.63) is 71.9 Å². The van der Waals surface area contributed by atoms with Crippen molar-refractivity contribution in [1.82, 2.24) is 4.90 Å². The number of hydrogen-bond donors (Lipinski definition) is 3. The highest BCUT2D eigenvalue weighted by Gasteiger charge is 2.29. The van der Waals surface area contributed by atoms with Crippen LogP contribution in [-0.4, -0.2) is 33.9 Å². The molecule has 2 atom stereocenters. The fraction of sp³-hybridized carbons (Fsp3) is 0.304. The number of carbonyl (C=O) groups excluding carboxylic acids is 2. The maximum Gasteiger partial charge on any atom is 0.250 e. The Kier molecular flexibility index (Phi) is 8.12. The monoisotopic (exact) mass is 395 g/mol.